The van der Waals surface area contributed by atoms with Gasteiger partial charge < -0.3 is 14.9 Å². The molecule has 4 rings (SSSR count). The molecule has 0 bridgehead atoms. The van der Waals surface area contributed by atoms with Crippen LogP contribution < -0.4 is 14.5 Å². The second-order valence-electron chi connectivity index (χ2n) is 7.40. The number of carboxylic acids is 1. The number of rotatable bonds is 6. The first kappa shape index (κ1) is 21.6. The molecule has 0 unspecified atom stereocenters. The van der Waals surface area contributed by atoms with Crippen LogP contribution in [-0.2, 0) is 10.0 Å². The van der Waals surface area contributed by atoms with Crippen LogP contribution in [0.3, 0.4) is 0 Å². The third-order valence-corrected chi connectivity index (χ3v) is 6.75. The van der Waals surface area contributed by atoms with Crippen LogP contribution in [0.15, 0.2) is 77.7 Å². The van der Waals surface area contributed by atoms with E-state index in [1.54, 1.807) is 6.07 Å². The number of carbonyl (C=O) groups is 1. The number of nitrogens with zero attached hydrogens (tertiary/aromatic N) is 2. The Hall–Kier alpha value is -3.59. The summed E-state index contributed by atoms with van der Waals surface area (Å²) in [5.41, 5.74) is 1.65. The Morgan fingerprint density at radius 1 is 0.844 bits per heavy atom. The van der Waals surface area contributed by atoms with Crippen LogP contribution in [0.2, 0.25) is 0 Å². The van der Waals surface area contributed by atoms with Crippen molar-refractivity contribution in [3.05, 3.63) is 84.2 Å². The Morgan fingerprint density at radius 2 is 1.44 bits per heavy atom. The third-order valence-electron chi connectivity index (χ3n) is 5.37. The van der Waals surface area contributed by atoms with Crippen molar-refractivity contribution in [1.82, 2.24) is 0 Å². The summed E-state index contributed by atoms with van der Waals surface area (Å²) in [6.07, 6.45) is 0. The minimum atomic E-state index is -4.06. The van der Waals surface area contributed by atoms with Gasteiger partial charge in [-0.3, -0.25) is 4.72 Å². The number of benzene rings is 3. The van der Waals surface area contributed by atoms with E-state index in [1.807, 2.05) is 18.2 Å². The van der Waals surface area contributed by atoms with Gasteiger partial charge in [-0.05, 0) is 54.6 Å². The fourth-order valence-corrected chi connectivity index (χ4v) is 4.75. The Kier molecular flexibility index (Phi) is 6.00. The molecular weight excluding hydrogens is 433 g/mol. The summed E-state index contributed by atoms with van der Waals surface area (Å²) >= 11 is 0. The lowest BCUT2D eigenvalue weighted by Crippen LogP contribution is -2.46. The SMILES string of the molecule is O=C(O)c1cc(N2CCN(c3ccccc3)CC2)ccc1NS(=O)(=O)c1ccc(F)cc1. The number of piperazine rings is 1. The van der Waals surface area contributed by atoms with E-state index in [0.717, 1.165) is 43.0 Å². The fourth-order valence-electron chi connectivity index (χ4n) is 3.67. The van der Waals surface area contributed by atoms with Gasteiger partial charge in [-0.25, -0.2) is 17.6 Å². The summed E-state index contributed by atoms with van der Waals surface area (Å²) in [5, 5.41) is 9.67. The topological polar surface area (TPSA) is 89.9 Å². The van der Waals surface area contributed by atoms with Crippen molar-refractivity contribution in [3.63, 3.8) is 0 Å². The van der Waals surface area contributed by atoms with Gasteiger partial charge in [0.05, 0.1) is 16.1 Å². The molecule has 9 heteroatoms. The average Bonchev–Trinajstić information content (AvgIpc) is 2.80. The molecule has 32 heavy (non-hydrogen) atoms. The predicted molar refractivity (Wildman–Crippen MR) is 121 cm³/mol. The van der Waals surface area contributed by atoms with Crippen molar-refractivity contribution in [2.24, 2.45) is 0 Å². The number of sulfonamides is 1. The number of para-hydroxylation sites is 1. The molecule has 0 radical (unpaired) electrons. The smallest absolute Gasteiger partial charge is 0.337 e. The molecule has 3 aromatic rings. The van der Waals surface area contributed by atoms with Gasteiger partial charge in [-0.15, -0.1) is 0 Å². The maximum absolute atomic E-state index is 13.1. The Bertz CT molecular complexity index is 1210. The van der Waals surface area contributed by atoms with Crippen molar-refractivity contribution < 1.29 is 22.7 Å². The van der Waals surface area contributed by atoms with Crippen LogP contribution >= 0.6 is 0 Å². The predicted octanol–water partition coefficient (Wildman–Crippen LogP) is 3.65. The highest BCUT2D eigenvalue weighted by Crippen LogP contribution is 2.27. The molecule has 7 nitrogen and oxygen atoms in total. The Morgan fingerprint density at radius 3 is 2.03 bits per heavy atom. The van der Waals surface area contributed by atoms with Crippen molar-refractivity contribution in [1.29, 1.82) is 0 Å². The number of hydrogen-bond donors (Lipinski definition) is 2. The molecule has 2 N–H and O–H groups in total. The van der Waals surface area contributed by atoms with Gasteiger partial charge in [0.15, 0.2) is 0 Å². The van der Waals surface area contributed by atoms with Crippen molar-refractivity contribution in [3.8, 4) is 0 Å². The number of halogens is 1. The summed E-state index contributed by atoms with van der Waals surface area (Å²) < 4.78 is 40.6. The third kappa shape index (κ3) is 4.67. The molecule has 1 aliphatic rings. The molecule has 0 aromatic heterocycles. The maximum Gasteiger partial charge on any atom is 0.337 e. The van der Waals surface area contributed by atoms with Gasteiger partial charge in [-0.2, -0.15) is 0 Å². The standard InChI is InChI=1S/C23H22FN3O4S/c24-17-6-9-20(10-7-17)32(30,31)25-22-11-8-19(16-21(22)23(28)29)27-14-12-26(13-15-27)18-4-2-1-3-5-18/h1-11,16,25H,12-15H2,(H,28,29). The first-order valence-corrected chi connectivity index (χ1v) is 11.5. The van der Waals surface area contributed by atoms with E-state index >= 15 is 0 Å². The highest BCUT2D eigenvalue weighted by Gasteiger charge is 2.22. The summed E-state index contributed by atoms with van der Waals surface area (Å²) in [7, 11) is -4.06. The van der Waals surface area contributed by atoms with Gasteiger partial charge in [0.25, 0.3) is 10.0 Å². The molecule has 1 saturated heterocycles. The Labute approximate surface area is 185 Å². The van der Waals surface area contributed by atoms with E-state index in [0.29, 0.717) is 18.8 Å². The van der Waals surface area contributed by atoms with Crippen molar-refractivity contribution in [2.75, 3.05) is 40.7 Å². The van der Waals surface area contributed by atoms with E-state index in [4.69, 9.17) is 0 Å². The number of aromatic carboxylic acids is 1. The summed E-state index contributed by atoms with van der Waals surface area (Å²) in [6.45, 7) is 2.97. The van der Waals surface area contributed by atoms with Gasteiger partial charge in [0.1, 0.15) is 5.82 Å². The molecule has 0 amide bonds. The first-order chi connectivity index (χ1) is 15.3. The second-order valence-corrected chi connectivity index (χ2v) is 9.09. The van der Waals surface area contributed by atoms with Gasteiger partial charge >= 0.3 is 5.97 Å². The molecule has 166 valence electrons. The van der Waals surface area contributed by atoms with Gasteiger partial charge in [-0.1, -0.05) is 18.2 Å². The number of anilines is 3. The van der Waals surface area contributed by atoms with Crippen LogP contribution in [0.25, 0.3) is 0 Å². The highest BCUT2D eigenvalue weighted by atomic mass is 32.2. The molecule has 0 atom stereocenters. The molecule has 1 aliphatic heterocycles. The number of hydrogen-bond acceptors (Lipinski definition) is 5. The molecule has 0 saturated carbocycles. The zero-order valence-electron chi connectivity index (χ0n) is 17.1. The minimum Gasteiger partial charge on any atom is -0.478 e. The maximum atomic E-state index is 13.1. The quantitative estimate of drug-likeness (QED) is 0.590. The molecule has 1 fully saturated rings. The van der Waals surface area contributed by atoms with Crippen LogP contribution in [0, 0.1) is 5.82 Å². The average molecular weight is 456 g/mol. The zero-order valence-corrected chi connectivity index (χ0v) is 17.9. The van der Waals surface area contributed by atoms with Crippen molar-refractivity contribution in [2.45, 2.75) is 4.90 Å². The first-order valence-electron chi connectivity index (χ1n) is 10.0. The molecule has 1 heterocycles. The van der Waals surface area contributed by atoms with E-state index in [1.165, 1.54) is 12.1 Å². The second kappa shape index (κ2) is 8.88. The Balaban J connectivity index is 1.52. The van der Waals surface area contributed by atoms with E-state index in [2.05, 4.69) is 26.7 Å². The van der Waals surface area contributed by atoms with Crippen LogP contribution in [0.5, 0.6) is 0 Å². The summed E-state index contributed by atoms with van der Waals surface area (Å²) in [4.78, 5) is 16.0. The fraction of sp³-hybridized carbons (Fsp3) is 0.174. The van der Waals surface area contributed by atoms with E-state index in [-0.39, 0.29) is 16.1 Å². The normalized spacial score (nSPS) is 14.3. The molecule has 0 spiro atoms. The van der Waals surface area contributed by atoms with Gasteiger partial charge in [0.2, 0.25) is 0 Å². The lowest BCUT2D eigenvalue weighted by Gasteiger charge is -2.37. The zero-order chi connectivity index (χ0) is 22.7. The lowest BCUT2D eigenvalue weighted by atomic mass is 10.1. The van der Waals surface area contributed by atoms with Crippen LogP contribution in [0.1, 0.15) is 10.4 Å². The molecule has 3 aromatic carbocycles. The largest absolute Gasteiger partial charge is 0.478 e. The highest BCUT2D eigenvalue weighted by molar-refractivity contribution is 7.92. The number of nitrogens with one attached hydrogen (secondary N) is 1. The van der Waals surface area contributed by atoms with Gasteiger partial charge in [0, 0.05) is 37.6 Å². The van der Waals surface area contributed by atoms with E-state index in [9.17, 15) is 22.7 Å². The number of carboxylic acid groups (broad SMARTS) is 1. The van der Waals surface area contributed by atoms with Crippen molar-refractivity contribution >= 4 is 33.1 Å². The minimum absolute atomic E-state index is 0.0477. The molecular formula is C23H22FN3O4S. The van der Waals surface area contributed by atoms with Crippen LogP contribution in [0.4, 0.5) is 21.5 Å². The molecule has 0 aliphatic carbocycles. The van der Waals surface area contributed by atoms with Crippen LogP contribution in [-0.4, -0.2) is 45.7 Å². The summed E-state index contributed by atoms with van der Waals surface area (Å²) in [5.74, 6) is -1.81. The monoisotopic (exact) mass is 455 g/mol. The summed E-state index contributed by atoms with van der Waals surface area (Å²) in [6, 6.07) is 19.0. The van der Waals surface area contributed by atoms with E-state index < -0.39 is 21.8 Å². The lowest BCUT2D eigenvalue weighted by molar-refractivity contribution is 0.0698.